The number of ether oxygens (including phenoxy) is 1. The van der Waals surface area contributed by atoms with Crippen molar-refractivity contribution < 1.29 is 19.1 Å². The molecule has 0 spiro atoms. The van der Waals surface area contributed by atoms with E-state index in [1.807, 2.05) is 42.5 Å². The fourth-order valence-corrected chi connectivity index (χ4v) is 3.57. The number of benzene rings is 2. The van der Waals surface area contributed by atoms with Crippen LogP contribution in [-0.4, -0.2) is 53.8 Å². The lowest BCUT2D eigenvalue weighted by Gasteiger charge is -2.43. The first-order chi connectivity index (χ1) is 13.7. The van der Waals surface area contributed by atoms with Crippen LogP contribution in [0.5, 0.6) is 5.75 Å². The van der Waals surface area contributed by atoms with Crippen molar-refractivity contribution in [3.05, 3.63) is 65.7 Å². The van der Waals surface area contributed by atoms with Gasteiger partial charge in [-0.25, -0.2) is 0 Å². The highest BCUT2D eigenvalue weighted by Crippen LogP contribution is 2.22. The first-order valence-corrected chi connectivity index (χ1v) is 10.6. The van der Waals surface area contributed by atoms with Crippen LogP contribution in [0.25, 0.3) is 0 Å². The second-order valence-corrected chi connectivity index (χ2v) is 8.59. The number of carbonyl (C=O) groups is 1. The van der Waals surface area contributed by atoms with Crippen molar-refractivity contribution in [1.82, 2.24) is 0 Å². The second-order valence-electron chi connectivity index (χ2n) is 8.59. The molecule has 0 aliphatic heterocycles. The highest BCUT2D eigenvalue weighted by Gasteiger charge is 2.32. The summed E-state index contributed by atoms with van der Waals surface area (Å²) in [5.74, 6) is 0.608. The van der Waals surface area contributed by atoms with Gasteiger partial charge in [0.25, 0.3) is 0 Å². The number of aliphatic hydroxyl groups is 1. The van der Waals surface area contributed by atoms with Gasteiger partial charge in [-0.05, 0) is 51.8 Å². The molecule has 2 aromatic carbocycles. The molecule has 1 N–H and O–H groups in total. The van der Waals surface area contributed by atoms with Crippen molar-refractivity contribution in [1.29, 1.82) is 0 Å². The molecule has 0 radical (unpaired) electrons. The van der Waals surface area contributed by atoms with Gasteiger partial charge in [-0.1, -0.05) is 42.5 Å². The summed E-state index contributed by atoms with van der Waals surface area (Å²) in [6.45, 7) is 9.49. The molecule has 1 unspecified atom stereocenters. The van der Waals surface area contributed by atoms with Gasteiger partial charge in [0, 0.05) is 6.42 Å². The summed E-state index contributed by atoms with van der Waals surface area (Å²) in [7, 11) is 2.17. The maximum absolute atomic E-state index is 12.7. The lowest BCUT2D eigenvalue weighted by Crippen LogP contribution is -2.58. The van der Waals surface area contributed by atoms with E-state index in [1.54, 1.807) is 12.1 Å². The third-order valence-corrected chi connectivity index (χ3v) is 6.07. The van der Waals surface area contributed by atoms with Gasteiger partial charge in [0.05, 0.1) is 24.7 Å². The number of aliphatic hydroxyl groups excluding tert-OH is 1. The van der Waals surface area contributed by atoms with Gasteiger partial charge >= 0.3 is 0 Å². The highest BCUT2D eigenvalue weighted by molar-refractivity contribution is 5.98. The molecule has 0 heterocycles. The van der Waals surface area contributed by atoms with Crippen LogP contribution in [0.15, 0.2) is 54.6 Å². The third kappa shape index (κ3) is 6.41. The molecule has 2 rings (SSSR count). The topological polar surface area (TPSA) is 46.5 Å². The number of rotatable bonds is 11. The molecule has 1 atom stereocenters. The lowest BCUT2D eigenvalue weighted by atomic mass is 10.0. The van der Waals surface area contributed by atoms with Crippen LogP contribution in [-0.2, 0) is 6.42 Å². The van der Waals surface area contributed by atoms with E-state index < -0.39 is 6.10 Å². The van der Waals surface area contributed by atoms with E-state index in [0.29, 0.717) is 42.8 Å². The van der Waals surface area contributed by atoms with Crippen LogP contribution in [0.3, 0.4) is 0 Å². The Morgan fingerprint density at radius 3 is 2.17 bits per heavy atom. The molecular weight excluding hydrogens is 362 g/mol. The fourth-order valence-electron chi connectivity index (χ4n) is 3.57. The van der Waals surface area contributed by atoms with Gasteiger partial charge < -0.3 is 14.3 Å². The van der Waals surface area contributed by atoms with Crippen molar-refractivity contribution in [3.63, 3.8) is 0 Å². The number of ketones is 1. The van der Waals surface area contributed by atoms with Crippen molar-refractivity contribution in [2.24, 2.45) is 0 Å². The van der Waals surface area contributed by atoms with Crippen molar-refractivity contribution in [3.8, 4) is 5.75 Å². The van der Waals surface area contributed by atoms with E-state index in [2.05, 4.69) is 34.7 Å². The predicted molar refractivity (Wildman–Crippen MR) is 118 cm³/mol. The molecular formula is C25H36NO3+. The van der Waals surface area contributed by atoms with E-state index in [-0.39, 0.29) is 12.4 Å². The summed E-state index contributed by atoms with van der Waals surface area (Å²) in [5, 5.41) is 10.6. The number of likely N-dealkylation sites (N-methyl/N-ethyl adjacent to an activating group) is 1. The molecule has 0 saturated heterocycles. The maximum Gasteiger partial charge on any atom is 0.166 e. The zero-order valence-corrected chi connectivity index (χ0v) is 18.5. The number of hydrogen-bond acceptors (Lipinski definition) is 3. The Morgan fingerprint density at radius 1 is 0.966 bits per heavy atom. The highest BCUT2D eigenvalue weighted by atomic mass is 16.5. The van der Waals surface area contributed by atoms with Gasteiger partial charge in [-0.15, -0.1) is 0 Å². The Hall–Kier alpha value is -2.17. The van der Waals surface area contributed by atoms with Crippen LogP contribution in [0.2, 0.25) is 0 Å². The molecule has 0 aliphatic rings. The van der Waals surface area contributed by atoms with Crippen molar-refractivity contribution in [2.75, 3.05) is 20.2 Å². The largest absolute Gasteiger partial charge is 0.490 e. The van der Waals surface area contributed by atoms with Crippen LogP contribution in [0.1, 0.15) is 50.0 Å². The van der Waals surface area contributed by atoms with Crippen molar-refractivity contribution in [2.45, 2.75) is 58.7 Å². The first-order valence-electron chi connectivity index (χ1n) is 10.6. The molecule has 0 aliphatic carbocycles. The molecule has 4 heteroatoms. The number of para-hydroxylation sites is 1. The van der Waals surface area contributed by atoms with E-state index in [1.165, 1.54) is 0 Å². The van der Waals surface area contributed by atoms with Gasteiger partial charge in [0.2, 0.25) is 0 Å². The number of quaternary nitrogens is 1. The van der Waals surface area contributed by atoms with E-state index in [9.17, 15) is 9.90 Å². The number of aryl methyl sites for hydroxylation is 1. The number of nitrogens with zero attached hydrogens (tertiary/aromatic N) is 1. The Morgan fingerprint density at radius 2 is 1.55 bits per heavy atom. The van der Waals surface area contributed by atoms with Crippen LogP contribution < -0.4 is 4.74 Å². The van der Waals surface area contributed by atoms with Crippen LogP contribution in [0, 0.1) is 0 Å². The second kappa shape index (κ2) is 10.6. The SMILES string of the molecule is CC(C)[N+](C)(CC(O)COc1ccccc1C(=O)CCc1ccccc1)C(C)C. The molecule has 158 valence electrons. The van der Waals surface area contributed by atoms with Crippen LogP contribution >= 0.6 is 0 Å². The Balaban J connectivity index is 1.98. The summed E-state index contributed by atoms with van der Waals surface area (Å²) >= 11 is 0. The zero-order chi connectivity index (χ0) is 21.4. The first kappa shape index (κ1) is 23.1. The summed E-state index contributed by atoms with van der Waals surface area (Å²) in [6.07, 6.45) is 0.537. The van der Waals surface area contributed by atoms with Gasteiger partial charge in [0.15, 0.2) is 5.78 Å². The van der Waals surface area contributed by atoms with Gasteiger partial charge in [-0.2, -0.15) is 0 Å². The standard InChI is InChI=1S/C25H36NO3/c1-19(2)26(5,20(3)4)17-22(27)18-29-25-14-10-9-13-23(25)24(28)16-15-21-11-7-6-8-12-21/h6-14,19-20,22,27H,15-18H2,1-5H3/q+1. The molecule has 2 aromatic rings. The molecule has 0 aromatic heterocycles. The minimum absolute atomic E-state index is 0.0592. The molecule has 4 nitrogen and oxygen atoms in total. The normalized spacial score (nSPS) is 13.0. The van der Waals surface area contributed by atoms with Gasteiger partial charge in [0.1, 0.15) is 25.0 Å². The molecule has 0 bridgehead atoms. The quantitative estimate of drug-likeness (QED) is 0.448. The average molecular weight is 399 g/mol. The Labute approximate surface area is 175 Å². The number of carbonyl (C=O) groups excluding carboxylic acids is 1. The zero-order valence-electron chi connectivity index (χ0n) is 18.5. The van der Waals surface area contributed by atoms with E-state index in [0.717, 1.165) is 10.0 Å². The summed E-state index contributed by atoms with van der Waals surface area (Å²) < 4.78 is 6.66. The Kier molecular flexibility index (Phi) is 8.42. The summed E-state index contributed by atoms with van der Waals surface area (Å²) in [4.78, 5) is 12.7. The van der Waals surface area contributed by atoms with Crippen molar-refractivity contribution >= 4 is 5.78 Å². The molecule has 0 amide bonds. The van der Waals surface area contributed by atoms with Gasteiger partial charge in [-0.3, -0.25) is 4.79 Å². The minimum atomic E-state index is -0.600. The molecule has 0 fully saturated rings. The summed E-state index contributed by atoms with van der Waals surface area (Å²) in [5.41, 5.74) is 1.73. The van der Waals surface area contributed by atoms with Crippen LogP contribution in [0.4, 0.5) is 0 Å². The number of Topliss-reactive ketones (excluding diaryl/α,β-unsaturated/α-hetero) is 1. The molecule has 0 saturated carbocycles. The van der Waals surface area contributed by atoms with E-state index in [4.69, 9.17) is 4.74 Å². The number of hydrogen-bond donors (Lipinski definition) is 1. The average Bonchev–Trinajstić information content (AvgIpc) is 2.71. The predicted octanol–water partition coefficient (Wildman–Crippen LogP) is 4.51. The third-order valence-electron chi connectivity index (χ3n) is 6.07. The maximum atomic E-state index is 12.7. The lowest BCUT2D eigenvalue weighted by molar-refractivity contribution is -0.951. The van der Waals surface area contributed by atoms with E-state index >= 15 is 0 Å². The Bertz CT molecular complexity index is 763. The monoisotopic (exact) mass is 398 g/mol. The summed E-state index contributed by atoms with van der Waals surface area (Å²) in [6, 6.07) is 18.1. The smallest absolute Gasteiger partial charge is 0.166 e. The minimum Gasteiger partial charge on any atom is -0.490 e. The molecule has 29 heavy (non-hydrogen) atoms. The fraction of sp³-hybridized carbons (Fsp3) is 0.480.